The molecule has 0 fully saturated rings. The molecule has 0 spiro atoms. The van der Waals surface area contributed by atoms with Gasteiger partial charge in [-0.3, -0.25) is 0 Å². The number of hydrogen-bond acceptors (Lipinski definition) is 6. The number of pyridine rings is 1. The third-order valence-corrected chi connectivity index (χ3v) is 5.44. The number of rotatable bonds is 12. The Bertz CT molecular complexity index is 975. The highest BCUT2D eigenvalue weighted by atomic mass is 35.5. The molecule has 1 amide bonds. The maximum absolute atomic E-state index is 13.0. The van der Waals surface area contributed by atoms with E-state index < -0.39 is 17.8 Å². The van der Waals surface area contributed by atoms with E-state index in [1.165, 1.54) is 7.11 Å². The summed E-state index contributed by atoms with van der Waals surface area (Å²) in [5.41, 5.74) is -0.220. The van der Waals surface area contributed by atoms with Crippen molar-refractivity contribution in [3.8, 4) is 17.4 Å². The van der Waals surface area contributed by atoms with Crippen molar-refractivity contribution in [2.24, 2.45) is 0 Å². The molecule has 1 aromatic heterocycles. The minimum atomic E-state index is -4.58. The van der Waals surface area contributed by atoms with Crippen molar-refractivity contribution in [3.05, 3.63) is 46.6 Å². The first-order valence-electron chi connectivity index (χ1n) is 11.1. The van der Waals surface area contributed by atoms with Crippen LogP contribution in [0.25, 0.3) is 0 Å². The number of aromatic nitrogens is 1. The molecule has 0 aliphatic carbocycles. The summed E-state index contributed by atoms with van der Waals surface area (Å²) < 4.78 is 60.3. The van der Waals surface area contributed by atoms with Crippen LogP contribution in [-0.4, -0.2) is 56.5 Å². The Morgan fingerprint density at radius 1 is 1.17 bits per heavy atom. The fourth-order valence-corrected chi connectivity index (χ4v) is 3.51. The van der Waals surface area contributed by atoms with Gasteiger partial charge in [0.1, 0.15) is 23.1 Å². The summed E-state index contributed by atoms with van der Waals surface area (Å²) in [4.78, 5) is 17.4. The summed E-state index contributed by atoms with van der Waals surface area (Å²) >= 11 is 6.05. The van der Waals surface area contributed by atoms with Crippen LogP contribution in [0.5, 0.6) is 17.4 Å². The maximum atomic E-state index is 13.0. The second-order valence-electron chi connectivity index (χ2n) is 7.80. The molecule has 194 valence electrons. The summed E-state index contributed by atoms with van der Waals surface area (Å²) in [6.07, 6.45) is -2.94. The fourth-order valence-electron chi connectivity index (χ4n) is 3.30. The molecule has 0 aliphatic heterocycles. The summed E-state index contributed by atoms with van der Waals surface area (Å²) in [7, 11) is 2.89. The minimum absolute atomic E-state index is 0.0877. The Morgan fingerprint density at radius 3 is 2.51 bits per heavy atom. The van der Waals surface area contributed by atoms with Gasteiger partial charge in [0.15, 0.2) is 0 Å². The molecule has 0 saturated carbocycles. The number of nitrogens with zero attached hydrogens (tertiary/aromatic N) is 2. The van der Waals surface area contributed by atoms with Crippen LogP contribution in [0.3, 0.4) is 0 Å². The Labute approximate surface area is 208 Å². The Kier molecular flexibility index (Phi) is 10.9. The highest BCUT2D eigenvalue weighted by Gasteiger charge is 2.32. The number of carbonyl (C=O) groups excluding carboxylic acids is 1. The molecule has 2 rings (SSSR count). The van der Waals surface area contributed by atoms with Gasteiger partial charge in [-0.25, -0.2) is 9.78 Å². The zero-order chi connectivity index (χ0) is 26.0. The van der Waals surface area contributed by atoms with E-state index in [1.54, 1.807) is 24.1 Å². The van der Waals surface area contributed by atoms with Crippen molar-refractivity contribution in [2.75, 3.05) is 40.5 Å². The third kappa shape index (κ3) is 8.47. The summed E-state index contributed by atoms with van der Waals surface area (Å²) in [5, 5.41) is -0.274. The molecule has 2 aromatic rings. The number of benzene rings is 1. The molecule has 35 heavy (non-hydrogen) atoms. The van der Waals surface area contributed by atoms with Gasteiger partial charge in [0, 0.05) is 32.5 Å². The smallest absolute Gasteiger partial charge is 0.417 e. The summed E-state index contributed by atoms with van der Waals surface area (Å²) in [6.45, 7) is 5.61. The molecule has 0 aliphatic rings. The third-order valence-electron chi connectivity index (χ3n) is 5.17. The highest BCUT2D eigenvalue weighted by Crippen LogP contribution is 2.38. The lowest BCUT2D eigenvalue weighted by Gasteiger charge is -2.23. The number of hydrogen-bond donors (Lipinski definition) is 0. The van der Waals surface area contributed by atoms with Crippen molar-refractivity contribution in [1.82, 2.24) is 9.88 Å². The Balaban J connectivity index is 2.31. The number of halogens is 4. The van der Waals surface area contributed by atoms with Gasteiger partial charge < -0.3 is 23.8 Å². The average molecular weight is 519 g/mol. The van der Waals surface area contributed by atoms with E-state index in [9.17, 15) is 18.0 Å². The summed E-state index contributed by atoms with van der Waals surface area (Å²) in [5.74, 6) is 0.569. The molecule has 0 radical (unpaired) electrons. The zero-order valence-electron chi connectivity index (χ0n) is 20.2. The first-order valence-corrected chi connectivity index (χ1v) is 11.5. The van der Waals surface area contributed by atoms with Crippen LogP contribution in [-0.2, 0) is 15.7 Å². The minimum Gasteiger partial charge on any atom is -0.491 e. The van der Waals surface area contributed by atoms with Gasteiger partial charge in [-0.2, -0.15) is 13.2 Å². The van der Waals surface area contributed by atoms with Crippen molar-refractivity contribution >= 4 is 17.7 Å². The second-order valence-corrected chi connectivity index (χ2v) is 8.21. The van der Waals surface area contributed by atoms with Crippen LogP contribution in [0.4, 0.5) is 18.0 Å². The molecule has 1 unspecified atom stereocenters. The molecular formula is C24H30ClF3N2O5. The molecule has 11 heteroatoms. The lowest BCUT2D eigenvalue weighted by molar-refractivity contribution is -0.137. The van der Waals surface area contributed by atoms with E-state index >= 15 is 0 Å². The van der Waals surface area contributed by atoms with Gasteiger partial charge in [0.25, 0.3) is 0 Å². The molecule has 1 heterocycles. The summed E-state index contributed by atoms with van der Waals surface area (Å²) in [6, 6.07) is 5.97. The van der Waals surface area contributed by atoms with Gasteiger partial charge in [-0.15, -0.1) is 0 Å². The van der Waals surface area contributed by atoms with E-state index in [1.807, 2.05) is 19.9 Å². The first kappa shape index (κ1) is 28.5. The number of methoxy groups -OCH3 is 2. The number of carbonyl (C=O) groups is 1. The van der Waals surface area contributed by atoms with Gasteiger partial charge >= 0.3 is 12.3 Å². The predicted molar refractivity (Wildman–Crippen MR) is 125 cm³/mol. The van der Waals surface area contributed by atoms with Crippen LogP contribution < -0.4 is 9.47 Å². The van der Waals surface area contributed by atoms with Gasteiger partial charge in [0.05, 0.1) is 19.3 Å². The van der Waals surface area contributed by atoms with Crippen LogP contribution in [0.2, 0.25) is 5.02 Å². The van der Waals surface area contributed by atoms with Crippen LogP contribution in [0, 0.1) is 0 Å². The molecular weight excluding hydrogens is 489 g/mol. The highest BCUT2D eigenvalue weighted by molar-refractivity contribution is 6.31. The molecule has 7 nitrogen and oxygen atoms in total. The maximum Gasteiger partial charge on any atom is 0.417 e. The van der Waals surface area contributed by atoms with Crippen LogP contribution in [0.1, 0.15) is 43.7 Å². The number of ether oxygens (including phenoxy) is 4. The molecule has 1 atom stereocenters. The van der Waals surface area contributed by atoms with Gasteiger partial charge in [-0.05, 0) is 36.5 Å². The normalized spacial score (nSPS) is 12.2. The lowest BCUT2D eigenvalue weighted by Crippen LogP contribution is -2.33. The molecule has 0 bridgehead atoms. The van der Waals surface area contributed by atoms with Gasteiger partial charge in [0.2, 0.25) is 5.88 Å². The fraction of sp³-hybridized carbons (Fsp3) is 0.500. The van der Waals surface area contributed by atoms with Gasteiger partial charge in [-0.1, -0.05) is 31.5 Å². The standard InChI is InChI=1S/C24H30ClF3N2O5/c1-5-9-30(23(31)33-4)10-8-16(2)19-7-6-18(34-12-11-32-3)14-21(19)35-22-20(25)13-17(15-29-22)24(26,27)28/h6-7,13-16H,5,8-12H2,1-4H3. The molecule has 0 N–H and O–H groups in total. The van der Waals surface area contributed by atoms with Crippen molar-refractivity contribution in [1.29, 1.82) is 0 Å². The van der Waals surface area contributed by atoms with Crippen molar-refractivity contribution in [2.45, 2.75) is 38.8 Å². The lowest BCUT2D eigenvalue weighted by atomic mass is 9.96. The number of amides is 1. The molecule has 1 aromatic carbocycles. The van der Waals surface area contributed by atoms with Crippen molar-refractivity contribution in [3.63, 3.8) is 0 Å². The van der Waals surface area contributed by atoms with E-state index in [2.05, 4.69) is 4.98 Å². The average Bonchev–Trinajstić information content (AvgIpc) is 2.82. The predicted octanol–water partition coefficient (Wildman–Crippen LogP) is 6.54. The van der Waals surface area contributed by atoms with Crippen LogP contribution >= 0.6 is 11.6 Å². The zero-order valence-corrected chi connectivity index (χ0v) is 20.9. The van der Waals surface area contributed by atoms with E-state index in [0.29, 0.717) is 50.4 Å². The number of alkyl halides is 3. The largest absolute Gasteiger partial charge is 0.491 e. The topological polar surface area (TPSA) is 70.1 Å². The Morgan fingerprint density at radius 2 is 1.91 bits per heavy atom. The van der Waals surface area contributed by atoms with Crippen LogP contribution in [0.15, 0.2) is 30.5 Å². The van der Waals surface area contributed by atoms with E-state index in [0.717, 1.165) is 18.1 Å². The first-order chi connectivity index (χ1) is 16.6. The molecule has 0 saturated heterocycles. The SMILES string of the molecule is CCCN(CCC(C)c1ccc(OCCOC)cc1Oc1ncc(C(F)(F)F)cc1Cl)C(=O)OC. The Hall–Kier alpha value is -2.72. The van der Waals surface area contributed by atoms with E-state index in [4.69, 9.17) is 30.5 Å². The van der Waals surface area contributed by atoms with E-state index in [-0.39, 0.29) is 16.8 Å². The second kappa shape index (κ2) is 13.4. The monoisotopic (exact) mass is 518 g/mol. The quantitative estimate of drug-likeness (QED) is 0.297. The van der Waals surface area contributed by atoms with Crippen molar-refractivity contribution < 1.29 is 36.9 Å².